The van der Waals surface area contributed by atoms with Gasteiger partial charge < -0.3 is 16.4 Å². The molecule has 0 aliphatic heterocycles. The predicted molar refractivity (Wildman–Crippen MR) is 69.9 cm³/mol. The molecular formula is C11H20N6O. The molecule has 1 amide bonds. The fraction of sp³-hybridized carbons (Fsp3) is 0.636. The van der Waals surface area contributed by atoms with E-state index in [1.165, 1.54) is 0 Å². The molecule has 7 nitrogen and oxygen atoms in total. The lowest BCUT2D eigenvalue weighted by Gasteiger charge is -2.08. The van der Waals surface area contributed by atoms with Gasteiger partial charge in [-0.15, -0.1) is 0 Å². The van der Waals surface area contributed by atoms with Crippen molar-refractivity contribution in [2.75, 3.05) is 24.1 Å². The normalized spacial score (nSPS) is 10.4. The summed E-state index contributed by atoms with van der Waals surface area (Å²) in [5, 5.41) is 5.78. The van der Waals surface area contributed by atoms with E-state index >= 15 is 0 Å². The zero-order chi connectivity index (χ0) is 13.5. The molecule has 0 saturated carbocycles. The number of aryl methyl sites for hydroxylation is 1. The van der Waals surface area contributed by atoms with Gasteiger partial charge in [-0.25, -0.2) is 0 Å². The van der Waals surface area contributed by atoms with E-state index in [1.54, 1.807) is 6.92 Å². The Morgan fingerprint density at radius 1 is 1.33 bits per heavy atom. The number of hydrogen-bond donors (Lipinski definition) is 3. The SMILES string of the molecule is Cc1nc(N)nc(NCCC(=O)NCC(C)C)n1. The van der Waals surface area contributed by atoms with Crippen LogP contribution in [0, 0.1) is 12.8 Å². The number of carbonyl (C=O) groups excluding carboxylic acids is 1. The molecule has 0 radical (unpaired) electrons. The van der Waals surface area contributed by atoms with Crippen molar-refractivity contribution in [2.45, 2.75) is 27.2 Å². The van der Waals surface area contributed by atoms with Crippen LogP contribution in [0.4, 0.5) is 11.9 Å². The van der Waals surface area contributed by atoms with Crippen LogP contribution in [0.15, 0.2) is 0 Å². The molecule has 0 aromatic carbocycles. The van der Waals surface area contributed by atoms with Gasteiger partial charge in [0.05, 0.1) is 0 Å². The van der Waals surface area contributed by atoms with E-state index in [2.05, 4.69) is 39.4 Å². The summed E-state index contributed by atoms with van der Waals surface area (Å²) < 4.78 is 0. The number of hydrogen-bond acceptors (Lipinski definition) is 6. The summed E-state index contributed by atoms with van der Waals surface area (Å²) in [4.78, 5) is 23.3. The van der Waals surface area contributed by atoms with Gasteiger partial charge in [0.25, 0.3) is 0 Å². The molecule has 18 heavy (non-hydrogen) atoms. The largest absolute Gasteiger partial charge is 0.368 e. The van der Waals surface area contributed by atoms with E-state index in [1.807, 2.05) is 0 Å². The van der Waals surface area contributed by atoms with Gasteiger partial charge in [0, 0.05) is 19.5 Å². The van der Waals surface area contributed by atoms with Crippen molar-refractivity contribution in [1.82, 2.24) is 20.3 Å². The number of rotatable bonds is 6. The lowest BCUT2D eigenvalue weighted by Crippen LogP contribution is -2.28. The Hall–Kier alpha value is -1.92. The molecule has 0 saturated heterocycles. The molecule has 0 fully saturated rings. The number of aromatic nitrogens is 3. The molecule has 1 aromatic rings. The van der Waals surface area contributed by atoms with E-state index in [0.29, 0.717) is 37.2 Å². The molecule has 0 spiro atoms. The van der Waals surface area contributed by atoms with Crippen molar-refractivity contribution >= 4 is 17.8 Å². The summed E-state index contributed by atoms with van der Waals surface area (Å²) in [7, 11) is 0. The predicted octanol–water partition coefficient (Wildman–Crippen LogP) is 0.336. The summed E-state index contributed by atoms with van der Waals surface area (Å²) in [6.45, 7) is 6.99. The number of nitrogens with zero attached hydrogens (tertiary/aromatic N) is 3. The Kier molecular flexibility index (Phi) is 5.29. The van der Waals surface area contributed by atoms with E-state index < -0.39 is 0 Å². The summed E-state index contributed by atoms with van der Waals surface area (Å²) >= 11 is 0. The highest BCUT2D eigenvalue weighted by atomic mass is 16.1. The van der Waals surface area contributed by atoms with Crippen molar-refractivity contribution in [3.8, 4) is 0 Å². The van der Waals surface area contributed by atoms with Gasteiger partial charge in [-0.1, -0.05) is 13.8 Å². The third-order valence-corrected chi connectivity index (χ3v) is 2.11. The highest BCUT2D eigenvalue weighted by molar-refractivity contribution is 5.76. The molecule has 7 heteroatoms. The van der Waals surface area contributed by atoms with Gasteiger partial charge in [0.15, 0.2) is 0 Å². The average molecular weight is 252 g/mol. The second-order valence-electron chi connectivity index (χ2n) is 4.44. The fourth-order valence-electron chi connectivity index (χ4n) is 1.28. The zero-order valence-electron chi connectivity index (χ0n) is 11.0. The first-order valence-corrected chi connectivity index (χ1v) is 5.96. The summed E-state index contributed by atoms with van der Waals surface area (Å²) in [5.41, 5.74) is 5.49. The van der Waals surface area contributed by atoms with Crippen molar-refractivity contribution in [3.63, 3.8) is 0 Å². The number of nitrogen functional groups attached to an aromatic ring is 1. The molecule has 100 valence electrons. The Balaban J connectivity index is 2.30. The maximum atomic E-state index is 11.4. The molecule has 0 bridgehead atoms. The number of carbonyl (C=O) groups is 1. The van der Waals surface area contributed by atoms with Crippen LogP contribution < -0.4 is 16.4 Å². The van der Waals surface area contributed by atoms with Crippen LogP contribution in [0.25, 0.3) is 0 Å². The standard InChI is InChI=1S/C11H20N6O/c1-7(2)6-14-9(18)4-5-13-11-16-8(3)15-10(12)17-11/h7H,4-6H2,1-3H3,(H,14,18)(H3,12,13,15,16,17). The minimum Gasteiger partial charge on any atom is -0.368 e. The minimum atomic E-state index is 0.00921. The highest BCUT2D eigenvalue weighted by Gasteiger charge is 2.04. The van der Waals surface area contributed by atoms with Crippen LogP contribution in [0.5, 0.6) is 0 Å². The highest BCUT2D eigenvalue weighted by Crippen LogP contribution is 2.01. The molecule has 0 aliphatic rings. The summed E-state index contributed by atoms with van der Waals surface area (Å²) in [6, 6.07) is 0. The molecule has 0 aliphatic carbocycles. The Morgan fingerprint density at radius 2 is 2.06 bits per heavy atom. The van der Waals surface area contributed by atoms with Gasteiger partial charge in [-0.05, 0) is 12.8 Å². The van der Waals surface area contributed by atoms with Gasteiger partial charge in [-0.3, -0.25) is 4.79 Å². The monoisotopic (exact) mass is 252 g/mol. The molecule has 1 heterocycles. The molecule has 1 rings (SSSR count). The molecular weight excluding hydrogens is 232 g/mol. The number of nitrogens with one attached hydrogen (secondary N) is 2. The van der Waals surface area contributed by atoms with Crippen LogP contribution >= 0.6 is 0 Å². The number of anilines is 2. The zero-order valence-corrected chi connectivity index (χ0v) is 11.0. The smallest absolute Gasteiger partial charge is 0.227 e. The third kappa shape index (κ3) is 5.42. The van der Waals surface area contributed by atoms with Gasteiger partial charge in [0.1, 0.15) is 5.82 Å². The van der Waals surface area contributed by atoms with Crippen LogP contribution in [0.1, 0.15) is 26.1 Å². The van der Waals surface area contributed by atoms with Crippen LogP contribution in [-0.4, -0.2) is 33.9 Å². The maximum absolute atomic E-state index is 11.4. The van der Waals surface area contributed by atoms with E-state index in [4.69, 9.17) is 5.73 Å². The van der Waals surface area contributed by atoms with Crippen molar-refractivity contribution in [3.05, 3.63) is 5.82 Å². The molecule has 4 N–H and O–H groups in total. The second-order valence-corrected chi connectivity index (χ2v) is 4.44. The van der Waals surface area contributed by atoms with Gasteiger partial charge in [0.2, 0.25) is 17.8 Å². The molecule has 0 unspecified atom stereocenters. The van der Waals surface area contributed by atoms with Crippen LogP contribution in [0.3, 0.4) is 0 Å². The quantitative estimate of drug-likeness (QED) is 0.674. The first kappa shape index (κ1) is 14.1. The van der Waals surface area contributed by atoms with Crippen molar-refractivity contribution < 1.29 is 4.79 Å². The first-order valence-electron chi connectivity index (χ1n) is 5.96. The fourth-order valence-corrected chi connectivity index (χ4v) is 1.28. The Labute approximate surface area is 107 Å². The average Bonchev–Trinajstić information content (AvgIpc) is 2.25. The Bertz CT molecular complexity index is 386. The lowest BCUT2D eigenvalue weighted by atomic mass is 10.2. The third-order valence-electron chi connectivity index (χ3n) is 2.11. The Morgan fingerprint density at radius 3 is 2.67 bits per heavy atom. The minimum absolute atomic E-state index is 0.00921. The number of nitrogens with two attached hydrogens (primary N) is 1. The van der Waals surface area contributed by atoms with Crippen molar-refractivity contribution in [1.29, 1.82) is 0 Å². The van der Waals surface area contributed by atoms with Crippen LogP contribution in [0.2, 0.25) is 0 Å². The second kappa shape index (κ2) is 6.73. The van der Waals surface area contributed by atoms with E-state index in [9.17, 15) is 4.79 Å². The summed E-state index contributed by atoms with van der Waals surface area (Å²) in [5.74, 6) is 1.59. The van der Waals surface area contributed by atoms with Crippen molar-refractivity contribution in [2.24, 2.45) is 5.92 Å². The maximum Gasteiger partial charge on any atom is 0.227 e. The van der Waals surface area contributed by atoms with Crippen LogP contribution in [-0.2, 0) is 4.79 Å². The van der Waals surface area contributed by atoms with Gasteiger partial charge in [-0.2, -0.15) is 15.0 Å². The molecule has 0 atom stereocenters. The van der Waals surface area contributed by atoms with Gasteiger partial charge >= 0.3 is 0 Å². The van der Waals surface area contributed by atoms with E-state index in [0.717, 1.165) is 0 Å². The van der Waals surface area contributed by atoms with E-state index in [-0.39, 0.29) is 11.9 Å². The first-order chi connectivity index (χ1) is 8.47. The molecule has 1 aromatic heterocycles. The topological polar surface area (TPSA) is 106 Å². The lowest BCUT2D eigenvalue weighted by molar-refractivity contribution is -0.120. The number of amides is 1. The summed E-state index contributed by atoms with van der Waals surface area (Å²) in [6.07, 6.45) is 0.372.